The summed E-state index contributed by atoms with van der Waals surface area (Å²) in [5.74, 6) is 0.760. The van der Waals surface area contributed by atoms with Crippen LogP contribution in [0.5, 0.6) is 5.75 Å². The maximum atomic E-state index is 13.6. The van der Waals surface area contributed by atoms with Crippen molar-refractivity contribution in [2.45, 2.75) is 13.0 Å². The highest BCUT2D eigenvalue weighted by molar-refractivity contribution is 5.99. The molecule has 1 atom stereocenters. The number of methoxy groups -OCH3 is 1. The van der Waals surface area contributed by atoms with Crippen molar-refractivity contribution in [3.8, 4) is 5.75 Å². The predicted molar refractivity (Wildman–Crippen MR) is 106 cm³/mol. The molecule has 2 heterocycles. The number of aromatic nitrogens is 2. The van der Waals surface area contributed by atoms with Gasteiger partial charge in [-0.15, -0.1) is 0 Å². The highest BCUT2D eigenvalue weighted by atomic mass is 19.1. The summed E-state index contributed by atoms with van der Waals surface area (Å²) in [6, 6.07) is 11.1. The minimum atomic E-state index is -0.502. The second-order valence-corrected chi connectivity index (χ2v) is 6.77. The van der Waals surface area contributed by atoms with Crippen molar-refractivity contribution in [2.75, 3.05) is 7.11 Å². The van der Waals surface area contributed by atoms with E-state index in [2.05, 4.69) is 10.3 Å². The lowest BCUT2D eigenvalue weighted by molar-refractivity contribution is 0.0914. The van der Waals surface area contributed by atoms with Gasteiger partial charge < -0.3 is 19.0 Å². The van der Waals surface area contributed by atoms with Crippen LogP contribution < -0.4 is 10.1 Å². The Morgan fingerprint density at radius 2 is 2.00 bits per heavy atom. The molecule has 2 aromatic heterocycles. The zero-order valence-corrected chi connectivity index (χ0v) is 16.3. The van der Waals surface area contributed by atoms with Crippen LogP contribution in [0.2, 0.25) is 0 Å². The molecule has 29 heavy (non-hydrogen) atoms. The molecule has 0 fully saturated rings. The summed E-state index contributed by atoms with van der Waals surface area (Å²) >= 11 is 0. The SMILES string of the molecule is COc1ccc([C@@H](NC(=O)c2oc3ccc(F)cc3c2C)c2nccn2C)cc1. The third-order valence-electron chi connectivity index (χ3n) is 4.95. The largest absolute Gasteiger partial charge is 0.497 e. The van der Waals surface area contributed by atoms with Gasteiger partial charge in [0.15, 0.2) is 5.76 Å². The van der Waals surface area contributed by atoms with Crippen LogP contribution in [-0.4, -0.2) is 22.6 Å². The van der Waals surface area contributed by atoms with Gasteiger partial charge in [-0.1, -0.05) is 12.1 Å². The van der Waals surface area contributed by atoms with Crippen LogP contribution >= 0.6 is 0 Å². The number of furan rings is 1. The molecule has 0 aliphatic carbocycles. The number of ether oxygens (including phenoxy) is 1. The van der Waals surface area contributed by atoms with Gasteiger partial charge in [0.1, 0.15) is 29.0 Å². The van der Waals surface area contributed by atoms with Gasteiger partial charge in [0, 0.05) is 30.4 Å². The Morgan fingerprint density at radius 1 is 1.24 bits per heavy atom. The first kappa shape index (κ1) is 18.7. The lowest BCUT2D eigenvalue weighted by Crippen LogP contribution is -2.31. The molecular weight excluding hydrogens is 373 g/mol. The Balaban J connectivity index is 1.71. The molecule has 0 bridgehead atoms. The lowest BCUT2D eigenvalue weighted by atomic mass is 10.1. The highest BCUT2D eigenvalue weighted by Crippen LogP contribution is 2.28. The van der Waals surface area contributed by atoms with Crippen molar-refractivity contribution in [2.24, 2.45) is 7.05 Å². The normalized spacial score (nSPS) is 12.1. The molecule has 0 aliphatic heterocycles. The van der Waals surface area contributed by atoms with Crippen LogP contribution in [0.4, 0.5) is 4.39 Å². The van der Waals surface area contributed by atoms with E-state index in [1.807, 2.05) is 42.1 Å². The first-order valence-corrected chi connectivity index (χ1v) is 9.08. The second-order valence-electron chi connectivity index (χ2n) is 6.77. The topological polar surface area (TPSA) is 69.3 Å². The lowest BCUT2D eigenvalue weighted by Gasteiger charge is -2.19. The van der Waals surface area contributed by atoms with E-state index in [4.69, 9.17) is 9.15 Å². The standard InChI is InChI=1S/C22H20FN3O3/c1-13-17-12-15(23)6-9-18(17)29-20(13)22(27)25-19(21-24-10-11-26(21)2)14-4-7-16(28-3)8-5-14/h4-12,19H,1-3H3,(H,25,27)/t19-/m1/s1. The van der Waals surface area contributed by atoms with Crippen molar-refractivity contribution in [3.05, 3.63) is 83.4 Å². The van der Waals surface area contributed by atoms with E-state index in [1.165, 1.54) is 18.2 Å². The molecule has 2 aromatic carbocycles. The number of fused-ring (bicyclic) bond motifs is 1. The molecule has 1 amide bonds. The number of benzene rings is 2. The molecule has 0 spiro atoms. The monoisotopic (exact) mass is 393 g/mol. The number of halogens is 1. The molecule has 0 unspecified atom stereocenters. The molecule has 4 rings (SSSR count). The Labute approximate surface area is 166 Å². The third kappa shape index (κ3) is 3.47. The van der Waals surface area contributed by atoms with Crippen molar-refractivity contribution in [3.63, 3.8) is 0 Å². The van der Waals surface area contributed by atoms with Gasteiger partial charge >= 0.3 is 0 Å². The Morgan fingerprint density at radius 3 is 2.66 bits per heavy atom. The van der Waals surface area contributed by atoms with E-state index in [0.29, 0.717) is 28.1 Å². The zero-order valence-electron chi connectivity index (χ0n) is 16.3. The van der Waals surface area contributed by atoms with Crippen LogP contribution in [0.3, 0.4) is 0 Å². The summed E-state index contributed by atoms with van der Waals surface area (Å²) in [6.45, 7) is 1.74. The molecule has 7 heteroatoms. The van der Waals surface area contributed by atoms with Crippen LogP contribution in [0.1, 0.15) is 33.5 Å². The molecule has 148 valence electrons. The number of imidazole rings is 1. The van der Waals surface area contributed by atoms with Gasteiger partial charge in [0.2, 0.25) is 0 Å². The summed E-state index contributed by atoms with van der Waals surface area (Å²) in [6.07, 6.45) is 3.49. The Bertz CT molecular complexity index is 1180. The van der Waals surface area contributed by atoms with Gasteiger partial charge in [-0.3, -0.25) is 4.79 Å². The van der Waals surface area contributed by atoms with E-state index in [9.17, 15) is 9.18 Å². The average Bonchev–Trinajstić information content (AvgIpc) is 3.29. The van der Waals surface area contributed by atoms with Crippen LogP contribution in [0, 0.1) is 12.7 Å². The summed E-state index contributed by atoms with van der Waals surface area (Å²) in [7, 11) is 3.46. The van der Waals surface area contributed by atoms with Crippen LogP contribution in [0.15, 0.2) is 59.3 Å². The summed E-state index contributed by atoms with van der Waals surface area (Å²) in [5, 5.41) is 3.57. The Hall–Kier alpha value is -3.61. The number of aryl methyl sites for hydroxylation is 2. The molecule has 1 N–H and O–H groups in total. The molecule has 0 saturated carbocycles. The van der Waals surface area contributed by atoms with Crippen LogP contribution in [0.25, 0.3) is 11.0 Å². The fourth-order valence-corrected chi connectivity index (χ4v) is 3.35. The van der Waals surface area contributed by atoms with Crippen molar-refractivity contribution in [1.82, 2.24) is 14.9 Å². The number of amides is 1. The van der Waals surface area contributed by atoms with E-state index < -0.39 is 11.9 Å². The zero-order chi connectivity index (χ0) is 20.5. The van der Waals surface area contributed by atoms with Crippen molar-refractivity contribution in [1.29, 1.82) is 0 Å². The number of nitrogens with zero attached hydrogens (tertiary/aromatic N) is 2. The fourth-order valence-electron chi connectivity index (χ4n) is 3.35. The minimum Gasteiger partial charge on any atom is -0.497 e. The van der Waals surface area contributed by atoms with Gasteiger partial charge in [-0.25, -0.2) is 9.37 Å². The second kappa shape index (κ2) is 7.43. The summed E-state index contributed by atoms with van der Waals surface area (Å²) in [5.41, 5.74) is 1.89. The quantitative estimate of drug-likeness (QED) is 0.553. The molecule has 6 nitrogen and oxygen atoms in total. The van der Waals surface area contributed by atoms with Crippen molar-refractivity contribution < 1.29 is 18.3 Å². The number of hydrogen-bond acceptors (Lipinski definition) is 4. The van der Waals surface area contributed by atoms with E-state index in [0.717, 1.165) is 5.56 Å². The summed E-state index contributed by atoms with van der Waals surface area (Å²) < 4.78 is 26.4. The smallest absolute Gasteiger partial charge is 0.288 e. The van der Waals surface area contributed by atoms with Gasteiger partial charge in [0.05, 0.1) is 7.11 Å². The van der Waals surface area contributed by atoms with E-state index >= 15 is 0 Å². The molecule has 0 saturated heterocycles. The van der Waals surface area contributed by atoms with Gasteiger partial charge in [0.25, 0.3) is 5.91 Å². The number of nitrogens with one attached hydrogen (secondary N) is 1. The first-order valence-electron chi connectivity index (χ1n) is 9.08. The fraction of sp³-hybridized carbons (Fsp3) is 0.182. The highest BCUT2D eigenvalue weighted by Gasteiger charge is 2.25. The number of rotatable bonds is 5. The van der Waals surface area contributed by atoms with E-state index in [-0.39, 0.29) is 11.6 Å². The summed E-state index contributed by atoms with van der Waals surface area (Å²) in [4.78, 5) is 17.5. The first-order chi connectivity index (χ1) is 14.0. The maximum absolute atomic E-state index is 13.6. The predicted octanol–water partition coefficient (Wildman–Crippen LogP) is 4.14. The molecule has 0 radical (unpaired) electrons. The number of carbonyl (C=O) groups excluding carboxylic acids is 1. The van der Waals surface area contributed by atoms with E-state index in [1.54, 1.807) is 20.2 Å². The molecule has 0 aliphatic rings. The average molecular weight is 393 g/mol. The molecule has 4 aromatic rings. The van der Waals surface area contributed by atoms with Gasteiger partial charge in [-0.05, 0) is 42.8 Å². The Kier molecular flexibility index (Phi) is 4.80. The number of carbonyl (C=O) groups is 1. The minimum absolute atomic E-state index is 0.151. The maximum Gasteiger partial charge on any atom is 0.288 e. The third-order valence-corrected chi connectivity index (χ3v) is 4.95. The number of hydrogen-bond donors (Lipinski definition) is 1. The van der Waals surface area contributed by atoms with Crippen molar-refractivity contribution >= 4 is 16.9 Å². The van der Waals surface area contributed by atoms with Gasteiger partial charge in [-0.2, -0.15) is 0 Å². The van der Waals surface area contributed by atoms with Crippen LogP contribution in [-0.2, 0) is 7.05 Å². The molecular formula is C22H20FN3O3.